The Bertz CT molecular complexity index is 345. The summed E-state index contributed by atoms with van der Waals surface area (Å²) in [6, 6.07) is 0. The number of amidine groups is 1. The quantitative estimate of drug-likeness (QED) is 0.267. The molecule has 1 saturated carbocycles. The maximum atomic E-state index is 12.8. The van der Waals surface area contributed by atoms with Gasteiger partial charge in [-0.05, 0) is 25.2 Å². The Morgan fingerprint density at radius 3 is 2.30 bits per heavy atom. The van der Waals surface area contributed by atoms with Crippen LogP contribution < -0.4 is 5.73 Å². The molecule has 0 aromatic carbocycles. The maximum absolute atomic E-state index is 12.8. The van der Waals surface area contributed by atoms with Crippen molar-refractivity contribution in [1.29, 1.82) is 0 Å². The van der Waals surface area contributed by atoms with Gasteiger partial charge in [0.1, 0.15) is 5.41 Å². The van der Waals surface area contributed by atoms with E-state index in [1.165, 1.54) is 0 Å². The van der Waals surface area contributed by atoms with E-state index < -0.39 is 5.41 Å². The van der Waals surface area contributed by atoms with Gasteiger partial charge in [0.05, 0.1) is 0 Å². The van der Waals surface area contributed by atoms with E-state index in [2.05, 4.69) is 19.0 Å². The smallest absolute Gasteiger partial charge is 0.236 e. The van der Waals surface area contributed by atoms with Crippen LogP contribution in [0.2, 0.25) is 0 Å². The lowest BCUT2D eigenvalue weighted by molar-refractivity contribution is -0.137. The molecule has 0 aliphatic heterocycles. The van der Waals surface area contributed by atoms with Gasteiger partial charge in [-0.2, -0.15) is 0 Å². The molecule has 5 heteroatoms. The minimum Gasteiger partial charge on any atom is -0.409 e. The van der Waals surface area contributed by atoms with Gasteiger partial charge in [-0.15, -0.1) is 0 Å². The number of rotatable bonds is 5. The first-order chi connectivity index (χ1) is 9.44. The third kappa shape index (κ3) is 3.87. The number of carbonyl (C=O) groups excluding carboxylic acids is 1. The molecule has 20 heavy (non-hydrogen) atoms. The molecule has 1 amide bonds. The van der Waals surface area contributed by atoms with E-state index >= 15 is 0 Å². The summed E-state index contributed by atoms with van der Waals surface area (Å²) < 4.78 is 0. The van der Waals surface area contributed by atoms with Gasteiger partial charge in [0.15, 0.2) is 5.84 Å². The molecule has 0 unspecified atom stereocenters. The summed E-state index contributed by atoms with van der Waals surface area (Å²) in [6.07, 6.45) is 6.49. The van der Waals surface area contributed by atoms with Crippen LogP contribution in [0.15, 0.2) is 5.16 Å². The second kappa shape index (κ2) is 7.50. The first-order valence-corrected chi connectivity index (χ1v) is 7.67. The average molecular weight is 283 g/mol. The standard InChI is InChI=1S/C15H29N3O2/c1-12(2)8-11-18(3)14(19)15(13(16)17-20)9-6-4-5-7-10-15/h12,20H,4-11H2,1-3H3,(H2,16,17). The summed E-state index contributed by atoms with van der Waals surface area (Å²) in [7, 11) is 1.82. The lowest BCUT2D eigenvalue weighted by atomic mass is 9.77. The van der Waals surface area contributed by atoms with E-state index in [1.54, 1.807) is 4.90 Å². The zero-order chi connectivity index (χ0) is 15.2. The lowest BCUT2D eigenvalue weighted by Gasteiger charge is -2.34. The fourth-order valence-electron chi connectivity index (χ4n) is 2.93. The van der Waals surface area contributed by atoms with E-state index in [0.717, 1.165) is 38.6 Å². The molecule has 0 saturated heterocycles. The molecular weight excluding hydrogens is 254 g/mol. The van der Waals surface area contributed by atoms with Crippen LogP contribution in [0, 0.1) is 11.3 Å². The number of hydrogen-bond acceptors (Lipinski definition) is 3. The van der Waals surface area contributed by atoms with Crippen LogP contribution in [-0.4, -0.2) is 35.4 Å². The van der Waals surface area contributed by atoms with Crippen molar-refractivity contribution in [3.05, 3.63) is 0 Å². The Morgan fingerprint density at radius 2 is 1.85 bits per heavy atom. The molecule has 0 aromatic heterocycles. The van der Waals surface area contributed by atoms with Gasteiger partial charge < -0.3 is 15.8 Å². The third-order valence-corrected chi connectivity index (χ3v) is 4.35. The summed E-state index contributed by atoms with van der Waals surface area (Å²) in [6.45, 7) is 5.00. The molecule has 0 spiro atoms. The van der Waals surface area contributed by atoms with Crippen molar-refractivity contribution in [1.82, 2.24) is 4.90 Å². The van der Waals surface area contributed by atoms with Crippen LogP contribution in [0.5, 0.6) is 0 Å². The molecule has 0 radical (unpaired) electrons. The Hall–Kier alpha value is -1.26. The molecular formula is C15H29N3O2. The molecule has 116 valence electrons. The van der Waals surface area contributed by atoms with Crippen LogP contribution in [-0.2, 0) is 4.79 Å². The molecule has 1 rings (SSSR count). The van der Waals surface area contributed by atoms with Gasteiger partial charge in [-0.25, -0.2) is 0 Å². The molecule has 5 nitrogen and oxygen atoms in total. The van der Waals surface area contributed by atoms with E-state index in [1.807, 2.05) is 7.05 Å². The van der Waals surface area contributed by atoms with E-state index in [9.17, 15) is 4.79 Å². The highest BCUT2D eigenvalue weighted by Gasteiger charge is 2.44. The first-order valence-electron chi connectivity index (χ1n) is 7.67. The largest absolute Gasteiger partial charge is 0.409 e. The van der Waals surface area contributed by atoms with Crippen LogP contribution in [0.25, 0.3) is 0 Å². The molecule has 3 N–H and O–H groups in total. The summed E-state index contributed by atoms with van der Waals surface area (Å²) in [5, 5.41) is 12.3. The first kappa shape index (κ1) is 16.8. The Kier molecular flexibility index (Phi) is 6.30. The molecule has 0 atom stereocenters. The van der Waals surface area contributed by atoms with E-state index in [4.69, 9.17) is 10.9 Å². The van der Waals surface area contributed by atoms with Gasteiger partial charge in [0.2, 0.25) is 5.91 Å². The summed E-state index contributed by atoms with van der Waals surface area (Å²) in [5.41, 5.74) is 5.10. The predicted octanol–water partition coefficient (Wildman–Crippen LogP) is 2.58. The van der Waals surface area contributed by atoms with E-state index in [-0.39, 0.29) is 11.7 Å². The van der Waals surface area contributed by atoms with Crippen molar-refractivity contribution in [2.24, 2.45) is 22.2 Å². The number of nitrogens with two attached hydrogens (primary N) is 1. The minimum absolute atomic E-state index is 0.00958. The van der Waals surface area contributed by atoms with Crippen LogP contribution in [0.4, 0.5) is 0 Å². The highest BCUT2D eigenvalue weighted by atomic mass is 16.4. The lowest BCUT2D eigenvalue weighted by Crippen LogP contribution is -2.50. The Labute approximate surface area is 122 Å². The summed E-state index contributed by atoms with van der Waals surface area (Å²) in [4.78, 5) is 14.6. The minimum atomic E-state index is -0.795. The summed E-state index contributed by atoms with van der Waals surface area (Å²) >= 11 is 0. The molecule has 0 aromatic rings. The van der Waals surface area contributed by atoms with Crippen LogP contribution in [0.3, 0.4) is 0 Å². The Morgan fingerprint density at radius 1 is 1.30 bits per heavy atom. The van der Waals surface area contributed by atoms with Crippen molar-refractivity contribution in [3.63, 3.8) is 0 Å². The second-order valence-electron chi connectivity index (χ2n) is 6.39. The average Bonchev–Trinajstić information content (AvgIpc) is 2.69. The zero-order valence-corrected chi connectivity index (χ0v) is 13.1. The van der Waals surface area contributed by atoms with Crippen molar-refractivity contribution < 1.29 is 10.0 Å². The second-order valence-corrected chi connectivity index (χ2v) is 6.39. The van der Waals surface area contributed by atoms with Gasteiger partial charge in [-0.3, -0.25) is 4.79 Å². The van der Waals surface area contributed by atoms with E-state index in [0.29, 0.717) is 18.8 Å². The topological polar surface area (TPSA) is 78.9 Å². The van der Waals surface area contributed by atoms with Crippen molar-refractivity contribution in [2.45, 2.75) is 58.8 Å². The van der Waals surface area contributed by atoms with Gasteiger partial charge in [0, 0.05) is 13.6 Å². The predicted molar refractivity (Wildman–Crippen MR) is 80.6 cm³/mol. The third-order valence-electron chi connectivity index (χ3n) is 4.35. The highest BCUT2D eigenvalue weighted by Crippen LogP contribution is 2.37. The Balaban J connectivity index is 2.89. The van der Waals surface area contributed by atoms with Gasteiger partial charge in [-0.1, -0.05) is 44.7 Å². The maximum Gasteiger partial charge on any atom is 0.236 e. The monoisotopic (exact) mass is 283 g/mol. The number of oxime groups is 1. The molecule has 0 heterocycles. The van der Waals surface area contributed by atoms with Gasteiger partial charge >= 0.3 is 0 Å². The fraction of sp³-hybridized carbons (Fsp3) is 0.867. The summed E-state index contributed by atoms with van der Waals surface area (Å²) in [5.74, 6) is 0.648. The van der Waals surface area contributed by atoms with Crippen molar-refractivity contribution in [3.8, 4) is 0 Å². The highest BCUT2D eigenvalue weighted by molar-refractivity contribution is 6.06. The van der Waals surface area contributed by atoms with Crippen LogP contribution >= 0.6 is 0 Å². The number of carbonyl (C=O) groups is 1. The number of nitrogens with zero attached hydrogens (tertiary/aromatic N) is 2. The zero-order valence-electron chi connectivity index (χ0n) is 13.1. The number of amides is 1. The van der Waals surface area contributed by atoms with Crippen molar-refractivity contribution in [2.75, 3.05) is 13.6 Å². The van der Waals surface area contributed by atoms with Crippen molar-refractivity contribution >= 4 is 11.7 Å². The molecule has 1 fully saturated rings. The SMILES string of the molecule is CC(C)CCN(C)C(=O)C1(C(N)=NO)CCCCCC1. The normalized spacial score (nSPS) is 19.7. The van der Waals surface area contributed by atoms with Gasteiger partial charge in [0.25, 0.3) is 0 Å². The van der Waals surface area contributed by atoms with Crippen LogP contribution in [0.1, 0.15) is 58.8 Å². The fourth-order valence-corrected chi connectivity index (χ4v) is 2.93. The number of hydrogen-bond donors (Lipinski definition) is 2. The molecule has 0 bridgehead atoms. The molecule has 1 aliphatic rings. The molecule has 1 aliphatic carbocycles.